The number of aromatic nitrogens is 1. The van der Waals surface area contributed by atoms with Crippen molar-refractivity contribution in [1.82, 2.24) is 4.98 Å². The molecule has 1 rings (SSSR count). The van der Waals surface area contributed by atoms with Gasteiger partial charge in [0, 0.05) is 5.92 Å². The minimum atomic E-state index is 0.491. The molecular formula is C14H23NS. The predicted molar refractivity (Wildman–Crippen MR) is 74.2 cm³/mol. The van der Waals surface area contributed by atoms with Crippen molar-refractivity contribution in [3.63, 3.8) is 0 Å². The van der Waals surface area contributed by atoms with Gasteiger partial charge in [0.2, 0.25) is 0 Å². The standard InChI is InChI=1S/C14H23NS/c1-7-8-11(6)14-15-12(9(2)3)13(16-14)10(4)5/h9,11H,4,7-8H2,1-3,5-6H3. The Bertz CT molecular complexity index is 363. The summed E-state index contributed by atoms with van der Waals surface area (Å²) in [7, 11) is 0. The molecule has 2 heteroatoms. The van der Waals surface area contributed by atoms with Crippen LogP contribution < -0.4 is 0 Å². The minimum Gasteiger partial charge on any atom is -0.245 e. The van der Waals surface area contributed by atoms with E-state index < -0.39 is 0 Å². The third-order valence-electron chi connectivity index (χ3n) is 2.75. The van der Waals surface area contributed by atoms with Crippen molar-refractivity contribution in [2.24, 2.45) is 0 Å². The number of allylic oxidation sites excluding steroid dienone is 1. The first kappa shape index (κ1) is 13.4. The molecule has 1 nitrogen and oxygen atoms in total. The van der Waals surface area contributed by atoms with Gasteiger partial charge in [-0.2, -0.15) is 0 Å². The summed E-state index contributed by atoms with van der Waals surface area (Å²) in [6, 6.07) is 0. The van der Waals surface area contributed by atoms with Gasteiger partial charge >= 0.3 is 0 Å². The lowest BCUT2D eigenvalue weighted by atomic mass is 10.1. The van der Waals surface area contributed by atoms with Gasteiger partial charge in [0.1, 0.15) is 0 Å². The minimum absolute atomic E-state index is 0.491. The summed E-state index contributed by atoms with van der Waals surface area (Å²) in [5, 5.41) is 1.28. The second-order valence-electron chi connectivity index (χ2n) is 4.89. The van der Waals surface area contributed by atoms with Crippen molar-refractivity contribution < 1.29 is 0 Å². The Morgan fingerprint density at radius 2 is 2.00 bits per heavy atom. The maximum absolute atomic E-state index is 4.81. The molecule has 1 heterocycles. The number of hydrogen-bond donors (Lipinski definition) is 0. The fourth-order valence-corrected chi connectivity index (χ4v) is 3.05. The normalized spacial score (nSPS) is 13.1. The van der Waals surface area contributed by atoms with Crippen LogP contribution in [0.2, 0.25) is 0 Å². The summed E-state index contributed by atoms with van der Waals surface area (Å²) in [5.41, 5.74) is 2.38. The van der Waals surface area contributed by atoms with E-state index >= 15 is 0 Å². The zero-order chi connectivity index (χ0) is 12.3. The Morgan fingerprint density at radius 1 is 1.38 bits per heavy atom. The van der Waals surface area contributed by atoms with Gasteiger partial charge in [-0.15, -0.1) is 11.3 Å². The summed E-state index contributed by atoms with van der Waals surface area (Å²) >= 11 is 1.83. The molecular weight excluding hydrogens is 214 g/mol. The Balaban J connectivity index is 3.06. The van der Waals surface area contributed by atoms with Crippen molar-refractivity contribution in [3.05, 3.63) is 22.2 Å². The Kier molecular flexibility index (Phi) is 4.72. The Labute approximate surface area is 104 Å². The number of rotatable bonds is 5. The zero-order valence-electron chi connectivity index (χ0n) is 11.1. The van der Waals surface area contributed by atoms with Crippen LogP contribution in [0.15, 0.2) is 6.58 Å². The first-order valence-corrected chi connectivity index (χ1v) is 6.95. The molecule has 0 saturated carbocycles. The fraction of sp³-hybridized carbons (Fsp3) is 0.643. The first-order valence-electron chi connectivity index (χ1n) is 6.13. The van der Waals surface area contributed by atoms with Gasteiger partial charge in [-0.05, 0) is 24.8 Å². The molecule has 0 amide bonds. The molecule has 16 heavy (non-hydrogen) atoms. The second kappa shape index (κ2) is 5.62. The van der Waals surface area contributed by atoms with E-state index in [-0.39, 0.29) is 0 Å². The van der Waals surface area contributed by atoms with Gasteiger partial charge in [-0.1, -0.05) is 40.7 Å². The van der Waals surface area contributed by atoms with E-state index in [0.29, 0.717) is 11.8 Å². The molecule has 0 radical (unpaired) electrons. The first-order chi connectivity index (χ1) is 7.47. The molecule has 0 aliphatic heterocycles. The van der Waals surface area contributed by atoms with Gasteiger partial charge < -0.3 is 0 Å². The smallest absolute Gasteiger partial charge is 0.0962 e. The molecule has 0 aromatic carbocycles. The highest BCUT2D eigenvalue weighted by molar-refractivity contribution is 7.13. The molecule has 0 aliphatic rings. The van der Waals surface area contributed by atoms with Crippen molar-refractivity contribution >= 4 is 16.9 Å². The molecule has 0 fully saturated rings. The average molecular weight is 237 g/mol. The maximum Gasteiger partial charge on any atom is 0.0962 e. The fourth-order valence-electron chi connectivity index (χ4n) is 1.81. The van der Waals surface area contributed by atoms with Crippen LogP contribution >= 0.6 is 11.3 Å². The van der Waals surface area contributed by atoms with Crippen LogP contribution in [-0.2, 0) is 0 Å². The van der Waals surface area contributed by atoms with Crippen LogP contribution in [0.5, 0.6) is 0 Å². The average Bonchev–Trinajstić information content (AvgIpc) is 2.62. The summed E-state index contributed by atoms with van der Waals surface area (Å²) in [6.07, 6.45) is 2.45. The van der Waals surface area contributed by atoms with Crippen molar-refractivity contribution in [2.75, 3.05) is 0 Å². The molecule has 1 unspecified atom stereocenters. The molecule has 0 bridgehead atoms. The monoisotopic (exact) mass is 237 g/mol. The highest BCUT2D eigenvalue weighted by Crippen LogP contribution is 2.34. The Hall–Kier alpha value is -0.630. The van der Waals surface area contributed by atoms with Crippen molar-refractivity contribution in [2.45, 2.75) is 59.3 Å². The predicted octanol–water partition coefficient (Wildman–Crippen LogP) is 5.20. The quantitative estimate of drug-likeness (QED) is 0.685. The molecule has 0 aliphatic carbocycles. The molecule has 1 atom stereocenters. The largest absolute Gasteiger partial charge is 0.245 e. The van der Waals surface area contributed by atoms with Crippen LogP contribution in [-0.4, -0.2) is 4.98 Å². The molecule has 1 aromatic heterocycles. The van der Waals surface area contributed by atoms with Crippen molar-refractivity contribution in [1.29, 1.82) is 0 Å². The van der Waals surface area contributed by atoms with E-state index in [2.05, 4.69) is 41.2 Å². The van der Waals surface area contributed by atoms with E-state index in [0.717, 1.165) is 5.57 Å². The van der Waals surface area contributed by atoms with E-state index in [9.17, 15) is 0 Å². The van der Waals surface area contributed by atoms with E-state index in [1.54, 1.807) is 0 Å². The van der Waals surface area contributed by atoms with Crippen molar-refractivity contribution in [3.8, 4) is 0 Å². The number of nitrogens with zero attached hydrogens (tertiary/aromatic N) is 1. The zero-order valence-corrected chi connectivity index (χ0v) is 11.9. The summed E-state index contributed by atoms with van der Waals surface area (Å²) in [6.45, 7) is 15.0. The number of hydrogen-bond acceptors (Lipinski definition) is 2. The van der Waals surface area contributed by atoms with Gasteiger partial charge in [0.15, 0.2) is 0 Å². The SMILES string of the molecule is C=C(C)c1sc(C(C)CCC)nc1C(C)C. The van der Waals surface area contributed by atoms with Gasteiger partial charge in [-0.25, -0.2) is 4.98 Å². The highest BCUT2D eigenvalue weighted by Gasteiger charge is 2.17. The van der Waals surface area contributed by atoms with E-state index in [4.69, 9.17) is 4.98 Å². The van der Waals surface area contributed by atoms with E-state index in [1.165, 1.54) is 28.4 Å². The topological polar surface area (TPSA) is 12.9 Å². The van der Waals surface area contributed by atoms with Gasteiger partial charge in [0.25, 0.3) is 0 Å². The molecule has 0 N–H and O–H groups in total. The second-order valence-corrected chi connectivity index (χ2v) is 5.92. The summed E-state index contributed by atoms with van der Waals surface area (Å²) in [4.78, 5) is 6.11. The van der Waals surface area contributed by atoms with Crippen LogP contribution in [0.25, 0.3) is 5.57 Å². The molecule has 0 saturated heterocycles. The van der Waals surface area contributed by atoms with Gasteiger partial charge in [-0.3, -0.25) is 0 Å². The third-order valence-corrected chi connectivity index (χ3v) is 4.21. The lowest BCUT2D eigenvalue weighted by Crippen LogP contribution is -1.95. The number of thiazole rings is 1. The highest BCUT2D eigenvalue weighted by atomic mass is 32.1. The lowest BCUT2D eigenvalue weighted by Gasteiger charge is -2.05. The molecule has 0 spiro atoms. The van der Waals surface area contributed by atoms with Crippen LogP contribution in [0, 0.1) is 0 Å². The van der Waals surface area contributed by atoms with E-state index in [1.807, 2.05) is 11.3 Å². The summed E-state index contributed by atoms with van der Waals surface area (Å²) < 4.78 is 0. The maximum atomic E-state index is 4.81. The molecule has 1 aromatic rings. The Morgan fingerprint density at radius 3 is 2.38 bits per heavy atom. The molecule has 90 valence electrons. The van der Waals surface area contributed by atoms with Crippen LogP contribution in [0.3, 0.4) is 0 Å². The lowest BCUT2D eigenvalue weighted by molar-refractivity contribution is 0.655. The van der Waals surface area contributed by atoms with Gasteiger partial charge in [0.05, 0.1) is 15.6 Å². The summed E-state index contributed by atoms with van der Waals surface area (Å²) in [5.74, 6) is 1.08. The van der Waals surface area contributed by atoms with Crippen LogP contribution in [0.1, 0.15) is 74.9 Å². The van der Waals surface area contributed by atoms with Crippen LogP contribution in [0.4, 0.5) is 0 Å². The third kappa shape index (κ3) is 2.94.